The highest BCUT2D eigenvalue weighted by molar-refractivity contribution is 5.95. The van der Waals surface area contributed by atoms with E-state index in [1.165, 1.54) is 16.7 Å². The largest absolute Gasteiger partial charge is 0.363 e. The molecule has 1 saturated heterocycles. The van der Waals surface area contributed by atoms with Crippen LogP contribution in [0.4, 0.5) is 14.5 Å². The molecule has 0 aliphatic carbocycles. The van der Waals surface area contributed by atoms with Gasteiger partial charge in [-0.15, -0.1) is 0 Å². The number of aromatic nitrogens is 4. The standard InChI is InChI=1S/C16H14F2N6O2/c17-11-8-19-9-12(18)14(11)22-3-5-23(6-4-22)15(25)10-1-2-24-13(7-10)20-21-16(24)26/h1-2,7-9H,3-6H2,(H,21,26). The number of rotatable bonds is 2. The Bertz CT molecular complexity index is 1020. The summed E-state index contributed by atoms with van der Waals surface area (Å²) in [6, 6.07) is 3.07. The number of hydrogen-bond donors (Lipinski definition) is 1. The van der Waals surface area contributed by atoms with Crippen LogP contribution in [-0.2, 0) is 0 Å². The van der Waals surface area contributed by atoms with Crippen LogP contribution in [0, 0.1) is 11.6 Å². The SMILES string of the molecule is O=C(c1ccn2c(=O)[nH]nc2c1)N1CCN(c2c(F)cncc2F)CC1. The molecule has 0 saturated carbocycles. The summed E-state index contributed by atoms with van der Waals surface area (Å²) in [5, 5.41) is 6.14. The first-order valence-electron chi connectivity index (χ1n) is 7.94. The van der Waals surface area contributed by atoms with Crippen molar-refractivity contribution in [2.24, 2.45) is 0 Å². The molecule has 1 amide bonds. The van der Waals surface area contributed by atoms with Crippen molar-refractivity contribution in [3.05, 3.63) is 58.4 Å². The van der Waals surface area contributed by atoms with Gasteiger partial charge in [-0.05, 0) is 12.1 Å². The van der Waals surface area contributed by atoms with E-state index in [2.05, 4.69) is 15.2 Å². The van der Waals surface area contributed by atoms with Gasteiger partial charge in [0.15, 0.2) is 17.3 Å². The quantitative estimate of drug-likeness (QED) is 0.726. The average Bonchev–Trinajstić information content (AvgIpc) is 3.02. The fourth-order valence-corrected chi connectivity index (χ4v) is 3.06. The Morgan fingerprint density at radius 2 is 1.81 bits per heavy atom. The van der Waals surface area contributed by atoms with Crippen molar-refractivity contribution in [2.45, 2.75) is 0 Å². The van der Waals surface area contributed by atoms with Crippen LogP contribution in [-0.4, -0.2) is 56.6 Å². The third kappa shape index (κ3) is 2.68. The zero-order valence-corrected chi connectivity index (χ0v) is 13.5. The van der Waals surface area contributed by atoms with Crippen molar-refractivity contribution < 1.29 is 13.6 Å². The zero-order valence-electron chi connectivity index (χ0n) is 13.5. The molecule has 10 heteroatoms. The Morgan fingerprint density at radius 1 is 1.12 bits per heavy atom. The molecule has 0 unspecified atom stereocenters. The summed E-state index contributed by atoms with van der Waals surface area (Å²) in [5.41, 5.74) is 0.241. The second-order valence-corrected chi connectivity index (χ2v) is 5.90. The number of aromatic amines is 1. The molecule has 1 aliphatic heterocycles. The second-order valence-electron chi connectivity index (χ2n) is 5.90. The molecule has 0 spiro atoms. The summed E-state index contributed by atoms with van der Waals surface area (Å²) >= 11 is 0. The van der Waals surface area contributed by atoms with Crippen molar-refractivity contribution in [3.63, 3.8) is 0 Å². The number of nitrogens with one attached hydrogen (secondary N) is 1. The number of hydrogen-bond acceptors (Lipinski definition) is 5. The van der Waals surface area contributed by atoms with Crippen molar-refractivity contribution >= 4 is 17.2 Å². The van der Waals surface area contributed by atoms with Crippen LogP contribution in [0.3, 0.4) is 0 Å². The first kappa shape index (κ1) is 16.2. The lowest BCUT2D eigenvalue weighted by atomic mass is 10.2. The van der Waals surface area contributed by atoms with Crippen LogP contribution in [0.1, 0.15) is 10.4 Å². The van der Waals surface area contributed by atoms with E-state index in [0.29, 0.717) is 37.4 Å². The number of piperazine rings is 1. The highest BCUT2D eigenvalue weighted by Gasteiger charge is 2.26. The number of anilines is 1. The van der Waals surface area contributed by atoms with Gasteiger partial charge >= 0.3 is 5.69 Å². The fraction of sp³-hybridized carbons (Fsp3) is 0.250. The first-order chi connectivity index (χ1) is 12.5. The lowest BCUT2D eigenvalue weighted by molar-refractivity contribution is 0.0746. The molecule has 0 atom stereocenters. The molecular formula is C16H14F2N6O2. The van der Waals surface area contributed by atoms with E-state index in [-0.39, 0.29) is 17.3 Å². The lowest BCUT2D eigenvalue weighted by Gasteiger charge is -2.36. The summed E-state index contributed by atoms with van der Waals surface area (Å²) in [6.07, 6.45) is 3.42. The van der Waals surface area contributed by atoms with E-state index >= 15 is 0 Å². The van der Waals surface area contributed by atoms with Crippen molar-refractivity contribution in [1.29, 1.82) is 0 Å². The molecule has 0 bridgehead atoms. The Balaban J connectivity index is 1.50. The molecule has 1 N–H and O–H groups in total. The monoisotopic (exact) mass is 360 g/mol. The number of amides is 1. The third-order valence-electron chi connectivity index (χ3n) is 4.38. The van der Waals surface area contributed by atoms with Gasteiger partial charge in [0.1, 0.15) is 5.69 Å². The first-order valence-corrected chi connectivity index (χ1v) is 7.94. The predicted octanol–water partition coefficient (Wildman–Crippen LogP) is 0.658. The summed E-state index contributed by atoms with van der Waals surface area (Å²) in [6.45, 7) is 1.23. The van der Waals surface area contributed by atoms with E-state index in [0.717, 1.165) is 12.4 Å². The maximum absolute atomic E-state index is 13.8. The fourth-order valence-electron chi connectivity index (χ4n) is 3.06. The van der Waals surface area contributed by atoms with Crippen LogP contribution < -0.4 is 10.6 Å². The molecule has 1 aliphatic rings. The van der Waals surface area contributed by atoms with Crippen molar-refractivity contribution in [1.82, 2.24) is 24.5 Å². The Morgan fingerprint density at radius 3 is 2.50 bits per heavy atom. The minimum absolute atomic E-state index is 0.121. The van der Waals surface area contributed by atoms with Gasteiger partial charge in [-0.3, -0.25) is 14.2 Å². The summed E-state index contributed by atoms with van der Waals surface area (Å²) in [5.74, 6) is -1.67. The van der Waals surface area contributed by atoms with Crippen LogP contribution in [0.5, 0.6) is 0 Å². The minimum atomic E-state index is -0.723. The predicted molar refractivity (Wildman–Crippen MR) is 88.1 cm³/mol. The van der Waals surface area contributed by atoms with E-state index in [9.17, 15) is 18.4 Å². The van der Waals surface area contributed by atoms with E-state index < -0.39 is 11.6 Å². The lowest BCUT2D eigenvalue weighted by Crippen LogP contribution is -2.49. The van der Waals surface area contributed by atoms with Crippen LogP contribution >= 0.6 is 0 Å². The molecule has 26 heavy (non-hydrogen) atoms. The third-order valence-corrected chi connectivity index (χ3v) is 4.38. The van der Waals surface area contributed by atoms with Gasteiger partial charge in [0.2, 0.25) is 0 Å². The molecule has 0 aromatic carbocycles. The molecule has 4 rings (SSSR count). The van der Waals surface area contributed by atoms with Crippen LogP contribution in [0.2, 0.25) is 0 Å². The number of nitrogens with zero attached hydrogens (tertiary/aromatic N) is 5. The second kappa shape index (κ2) is 6.21. The van der Waals surface area contributed by atoms with Gasteiger partial charge in [-0.25, -0.2) is 18.7 Å². The average molecular weight is 360 g/mol. The minimum Gasteiger partial charge on any atom is -0.363 e. The van der Waals surface area contributed by atoms with Crippen LogP contribution in [0.25, 0.3) is 5.65 Å². The zero-order chi connectivity index (χ0) is 18.3. The van der Waals surface area contributed by atoms with E-state index in [1.807, 2.05) is 0 Å². The van der Waals surface area contributed by atoms with Gasteiger partial charge in [-0.1, -0.05) is 0 Å². The Hall–Kier alpha value is -3.30. The highest BCUT2D eigenvalue weighted by atomic mass is 19.1. The van der Waals surface area contributed by atoms with Gasteiger partial charge in [0.05, 0.1) is 12.4 Å². The maximum atomic E-state index is 13.8. The Labute approximate surface area is 145 Å². The highest BCUT2D eigenvalue weighted by Crippen LogP contribution is 2.23. The number of pyridine rings is 2. The van der Waals surface area contributed by atoms with Gasteiger partial charge in [0.25, 0.3) is 5.91 Å². The van der Waals surface area contributed by atoms with E-state index in [1.54, 1.807) is 15.9 Å². The summed E-state index contributed by atoms with van der Waals surface area (Å²) < 4.78 is 29.0. The molecule has 4 heterocycles. The molecule has 134 valence electrons. The normalized spacial score (nSPS) is 14.8. The molecule has 1 fully saturated rings. The molecule has 0 radical (unpaired) electrons. The number of fused-ring (bicyclic) bond motifs is 1. The number of carbonyl (C=O) groups is 1. The maximum Gasteiger partial charge on any atom is 0.347 e. The molecule has 3 aromatic heterocycles. The van der Waals surface area contributed by atoms with Crippen molar-refractivity contribution in [3.8, 4) is 0 Å². The number of carbonyl (C=O) groups excluding carboxylic acids is 1. The Kier molecular flexibility index (Phi) is 3.86. The van der Waals surface area contributed by atoms with E-state index in [4.69, 9.17) is 0 Å². The van der Waals surface area contributed by atoms with Crippen LogP contribution in [0.15, 0.2) is 35.5 Å². The van der Waals surface area contributed by atoms with Gasteiger partial charge < -0.3 is 9.80 Å². The summed E-state index contributed by atoms with van der Waals surface area (Å²) in [4.78, 5) is 30.8. The number of H-pyrrole nitrogens is 1. The van der Waals surface area contributed by atoms with Crippen molar-refractivity contribution in [2.75, 3.05) is 31.1 Å². The number of halogens is 2. The molecule has 8 nitrogen and oxygen atoms in total. The van der Waals surface area contributed by atoms with Gasteiger partial charge in [0, 0.05) is 37.9 Å². The topological polar surface area (TPSA) is 86.6 Å². The molecular weight excluding hydrogens is 346 g/mol. The van der Waals surface area contributed by atoms with Gasteiger partial charge in [-0.2, -0.15) is 5.10 Å². The smallest absolute Gasteiger partial charge is 0.347 e. The summed E-state index contributed by atoms with van der Waals surface area (Å²) in [7, 11) is 0. The molecule has 3 aromatic rings.